The summed E-state index contributed by atoms with van der Waals surface area (Å²) in [6, 6.07) is -1.14. The number of fused-ring (bicyclic) bond motifs is 3. The molecular formula is C55H87NO14. The van der Waals surface area contributed by atoms with Gasteiger partial charge in [0.1, 0.15) is 30.1 Å². The number of hydrogen-bond acceptors (Lipinski definition) is 14. The van der Waals surface area contributed by atoms with E-state index in [2.05, 4.69) is 0 Å². The van der Waals surface area contributed by atoms with Crippen LogP contribution in [0.5, 0.6) is 0 Å². The molecule has 3 heterocycles. The number of rotatable bonds is 11. The second-order valence-electron chi connectivity index (χ2n) is 20.6. The minimum atomic E-state index is -2.43. The summed E-state index contributed by atoms with van der Waals surface area (Å²) in [6.45, 7) is 16.4. The molecule has 396 valence electrons. The summed E-state index contributed by atoms with van der Waals surface area (Å²) in [4.78, 5) is 72.4. The molecule has 2 bridgehead atoms. The van der Waals surface area contributed by atoms with Crippen LogP contribution in [-0.2, 0) is 57.1 Å². The first-order valence-corrected chi connectivity index (χ1v) is 26.0. The summed E-state index contributed by atoms with van der Waals surface area (Å²) in [5.74, 6) is -7.83. The van der Waals surface area contributed by atoms with Gasteiger partial charge in [-0.15, -0.1) is 0 Å². The Bertz CT molecular complexity index is 1840. The number of amides is 1. The van der Waals surface area contributed by atoms with Crippen LogP contribution in [0.3, 0.4) is 0 Å². The van der Waals surface area contributed by atoms with Crippen LogP contribution >= 0.6 is 0 Å². The quantitative estimate of drug-likeness (QED) is 0.0911. The lowest BCUT2D eigenvalue weighted by atomic mass is 9.78. The first-order valence-electron chi connectivity index (χ1n) is 26.0. The van der Waals surface area contributed by atoms with Gasteiger partial charge < -0.3 is 48.3 Å². The lowest BCUT2D eigenvalue weighted by Crippen LogP contribution is -2.61. The Labute approximate surface area is 418 Å². The van der Waals surface area contributed by atoms with Crippen LogP contribution in [0.2, 0.25) is 0 Å². The minimum Gasteiger partial charge on any atom is -0.460 e. The molecule has 2 N–H and O–H groups in total. The van der Waals surface area contributed by atoms with Gasteiger partial charge in [-0.3, -0.25) is 19.2 Å². The van der Waals surface area contributed by atoms with Gasteiger partial charge in [-0.2, -0.15) is 0 Å². The van der Waals surface area contributed by atoms with Crippen molar-refractivity contribution < 1.29 is 67.3 Å². The van der Waals surface area contributed by atoms with E-state index in [9.17, 15) is 34.2 Å². The molecule has 0 radical (unpaired) electrons. The Morgan fingerprint density at radius 2 is 1.59 bits per heavy atom. The van der Waals surface area contributed by atoms with E-state index < -0.39 is 77.8 Å². The Balaban J connectivity index is 1.68. The van der Waals surface area contributed by atoms with Crippen molar-refractivity contribution in [1.29, 1.82) is 0 Å². The third-order valence-corrected chi connectivity index (χ3v) is 15.2. The second-order valence-corrected chi connectivity index (χ2v) is 20.6. The largest absolute Gasteiger partial charge is 0.460 e. The zero-order chi connectivity index (χ0) is 51.7. The van der Waals surface area contributed by atoms with Gasteiger partial charge in [-0.1, -0.05) is 71.1 Å². The average molecular weight is 986 g/mol. The zero-order valence-corrected chi connectivity index (χ0v) is 44.1. The molecule has 70 heavy (non-hydrogen) atoms. The molecule has 1 aliphatic carbocycles. The molecule has 3 fully saturated rings. The number of methoxy groups -OCH3 is 3. The number of carbonyl (C=O) groups is 5. The fraction of sp³-hybridized carbons (Fsp3) is 0.764. The van der Waals surface area contributed by atoms with Gasteiger partial charge in [0.25, 0.3) is 11.7 Å². The van der Waals surface area contributed by atoms with Crippen molar-refractivity contribution in [3.8, 4) is 0 Å². The molecule has 1 amide bonds. The molecule has 3 aliphatic heterocycles. The van der Waals surface area contributed by atoms with E-state index in [0.717, 1.165) is 18.4 Å². The smallest absolute Gasteiger partial charge is 0.329 e. The van der Waals surface area contributed by atoms with E-state index in [1.165, 1.54) is 12.0 Å². The predicted octanol–water partition coefficient (Wildman–Crippen LogP) is 7.24. The molecule has 15 atom stereocenters. The fourth-order valence-corrected chi connectivity index (χ4v) is 10.7. The van der Waals surface area contributed by atoms with Gasteiger partial charge in [-0.05, 0) is 114 Å². The lowest BCUT2D eigenvalue weighted by molar-refractivity contribution is -0.265. The number of Topliss-reactive ketones (excluding diaryl/α,β-unsaturated/α-hetero) is 3. The highest BCUT2D eigenvalue weighted by molar-refractivity contribution is 6.39. The number of aliphatic hydroxyl groups is 2. The Kier molecular flexibility index (Phi) is 24.3. The molecule has 0 unspecified atom stereocenters. The number of piperidine rings is 1. The van der Waals surface area contributed by atoms with Crippen LogP contribution in [-0.4, -0.2) is 147 Å². The molecule has 0 aromatic carbocycles. The van der Waals surface area contributed by atoms with E-state index in [1.54, 1.807) is 41.1 Å². The lowest BCUT2D eigenvalue weighted by Gasteiger charge is -2.42. The second kappa shape index (κ2) is 28.7. The van der Waals surface area contributed by atoms with Crippen molar-refractivity contribution in [3.05, 3.63) is 47.6 Å². The van der Waals surface area contributed by atoms with Crippen LogP contribution in [0.1, 0.15) is 132 Å². The molecule has 4 aliphatic rings. The van der Waals surface area contributed by atoms with Crippen LogP contribution in [0.15, 0.2) is 47.6 Å². The molecule has 15 heteroatoms. The van der Waals surface area contributed by atoms with E-state index in [1.807, 2.05) is 65.0 Å². The number of aliphatic hydroxyl groups excluding tert-OH is 1. The third kappa shape index (κ3) is 16.3. The molecule has 0 spiro atoms. The number of nitrogens with zero attached hydrogens (tertiary/aromatic N) is 1. The summed E-state index contributed by atoms with van der Waals surface area (Å²) in [5, 5.41) is 23.5. The molecule has 0 aromatic heterocycles. The fourth-order valence-electron chi connectivity index (χ4n) is 10.7. The number of esters is 1. The molecule has 4 rings (SSSR count). The van der Waals surface area contributed by atoms with Crippen LogP contribution < -0.4 is 0 Å². The van der Waals surface area contributed by atoms with Gasteiger partial charge >= 0.3 is 5.97 Å². The van der Waals surface area contributed by atoms with Gasteiger partial charge in [0.2, 0.25) is 5.79 Å². The van der Waals surface area contributed by atoms with Crippen molar-refractivity contribution in [2.45, 2.75) is 187 Å². The van der Waals surface area contributed by atoms with E-state index in [4.69, 9.17) is 33.2 Å². The van der Waals surface area contributed by atoms with Crippen LogP contribution in [0.25, 0.3) is 0 Å². The van der Waals surface area contributed by atoms with Crippen molar-refractivity contribution in [3.63, 3.8) is 0 Å². The molecule has 2 saturated heterocycles. The predicted molar refractivity (Wildman–Crippen MR) is 265 cm³/mol. The van der Waals surface area contributed by atoms with Crippen molar-refractivity contribution >= 4 is 29.2 Å². The number of ketones is 3. The van der Waals surface area contributed by atoms with E-state index in [-0.39, 0.29) is 60.9 Å². The molecular weight excluding hydrogens is 899 g/mol. The maximum Gasteiger partial charge on any atom is 0.329 e. The van der Waals surface area contributed by atoms with Crippen molar-refractivity contribution in [2.75, 3.05) is 47.7 Å². The summed E-state index contributed by atoms with van der Waals surface area (Å²) in [5.41, 5.74) is 1.28. The van der Waals surface area contributed by atoms with E-state index >= 15 is 0 Å². The monoisotopic (exact) mass is 986 g/mol. The summed E-state index contributed by atoms with van der Waals surface area (Å²) < 4.78 is 41.5. The third-order valence-electron chi connectivity index (χ3n) is 15.2. The highest BCUT2D eigenvalue weighted by Crippen LogP contribution is 2.38. The maximum atomic E-state index is 14.5. The normalized spacial score (nSPS) is 38.4. The molecule has 1 saturated carbocycles. The van der Waals surface area contributed by atoms with Gasteiger partial charge in [0, 0.05) is 65.1 Å². The number of allylic oxidation sites excluding steroid dienone is 6. The Morgan fingerprint density at radius 3 is 2.27 bits per heavy atom. The maximum absolute atomic E-state index is 14.5. The van der Waals surface area contributed by atoms with Crippen LogP contribution in [0.4, 0.5) is 0 Å². The highest BCUT2D eigenvalue weighted by atomic mass is 16.6. The SMILES string of the molecule is CCOCCO[C@@H]1CC[C@H](C[C@@H](C)[C@@H]2CC(=O)[C@H](C)/C=C(\C)[C@@H](O)[C@@H](OC)C(=O)[C@H](C)C[C@H](C)/C=C/C=C/C=C(\C)[C@@H](OC)C[C@@H]3CC[C@@H](C)[C@@](O)(O3)C(=O)C(=O)N3CCCC[C@H]3C(=O)O2)C[C@H]1OC. The van der Waals surface area contributed by atoms with Crippen LogP contribution in [0, 0.1) is 35.5 Å². The van der Waals surface area contributed by atoms with Crippen molar-refractivity contribution in [1.82, 2.24) is 4.90 Å². The number of carbonyl (C=O) groups excluding carboxylic acids is 5. The zero-order valence-electron chi connectivity index (χ0n) is 44.1. The van der Waals surface area contributed by atoms with Gasteiger partial charge in [-0.25, -0.2) is 4.79 Å². The van der Waals surface area contributed by atoms with Crippen molar-refractivity contribution in [2.24, 2.45) is 35.5 Å². The summed E-state index contributed by atoms with van der Waals surface area (Å²) >= 11 is 0. The number of cyclic esters (lactones) is 1. The van der Waals surface area contributed by atoms with Gasteiger partial charge in [0.05, 0.1) is 37.6 Å². The standard InChI is InChI=1S/C55H87NO14/c1-12-67-26-27-68-45-24-22-41(31-48(45)65-10)30-37(5)47-33-44(57)36(4)29-39(7)50(59)51(66-11)49(58)38(6)28-34(2)18-14-13-15-19-35(3)46(64-9)32-42-23-21-40(8)55(63,70-42)52(60)53(61)56-25-17-16-20-43(56)54(62)69-47/h13-15,18-19,29,34,36-38,40-43,45-48,50-51,59,63H,12,16-17,20-28,30-33H2,1-11H3/b15-13+,18-14+,35-19+,39-29+/t34-,36-,37-,38-,40-,41-,42+,43+,45-,46+,47+,48-,50-,51+,55-/m1/s1. The first kappa shape index (κ1) is 59.2. The topological polar surface area (TPSA) is 194 Å². The Hall–Kier alpha value is -3.41. The molecule has 15 nitrogen and oxygen atoms in total. The minimum absolute atomic E-state index is 0.0195. The van der Waals surface area contributed by atoms with Gasteiger partial charge in [0.15, 0.2) is 5.78 Å². The molecule has 0 aromatic rings. The van der Waals surface area contributed by atoms with E-state index in [0.29, 0.717) is 76.8 Å². The summed E-state index contributed by atoms with van der Waals surface area (Å²) in [6.07, 6.45) is 12.4. The number of ether oxygens (including phenoxy) is 7. The summed E-state index contributed by atoms with van der Waals surface area (Å²) in [7, 11) is 4.64. The highest BCUT2D eigenvalue weighted by Gasteiger charge is 2.53. The Morgan fingerprint density at radius 1 is 0.843 bits per heavy atom. The first-order chi connectivity index (χ1) is 33.3. The number of hydrogen-bond donors (Lipinski definition) is 2. The average Bonchev–Trinajstić information content (AvgIpc) is 3.34.